The lowest BCUT2D eigenvalue weighted by molar-refractivity contribution is 0.410. The van der Waals surface area contributed by atoms with E-state index >= 15 is 0 Å². The second-order valence-electron chi connectivity index (χ2n) is 3.77. The summed E-state index contributed by atoms with van der Waals surface area (Å²) >= 11 is 0. The molecular formula is C13H14FN3O. The highest BCUT2D eigenvalue weighted by molar-refractivity contribution is 5.35. The molecule has 1 heterocycles. The molecule has 0 aliphatic carbocycles. The van der Waals surface area contributed by atoms with Crippen molar-refractivity contribution in [3.05, 3.63) is 59.7 Å². The Morgan fingerprint density at radius 2 is 2.00 bits per heavy atom. The van der Waals surface area contributed by atoms with Gasteiger partial charge in [0, 0.05) is 24.0 Å². The van der Waals surface area contributed by atoms with E-state index in [-0.39, 0.29) is 5.82 Å². The molecule has 1 aromatic heterocycles. The SMILES string of the molecule is COc1ccc(C(NN)c2ccncc2)c(F)c1. The molecule has 18 heavy (non-hydrogen) atoms. The van der Waals surface area contributed by atoms with Gasteiger partial charge < -0.3 is 4.74 Å². The molecule has 0 bridgehead atoms. The zero-order chi connectivity index (χ0) is 13.0. The summed E-state index contributed by atoms with van der Waals surface area (Å²) < 4.78 is 18.9. The van der Waals surface area contributed by atoms with Crippen LogP contribution >= 0.6 is 0 Å². The van der Waals surface area contributed by atoms with E-state index in [9.17, 15) is 4.39 Å². The standard InChI is InChI=1S/C13H14FN3O/c1-18-10-2-3-11(12(14)8-10)13(17-15)9-4-6-16-7-5-9/h2-8,13,17H,15H2,1H3. The Kier molecular flexibility index (Phi) is 3.86. The van der Waals surface area contributed by atoms with E-state index < -0.39 is 6.04 Å². The van der Waals surface area contributed by atoms with Crippen LogP contribution in [0.5, 0.6) is 5.75 Å². The van der Waals surface area contributed by atoms with Crippen LogP contribution < -0.4 is 16.0 Å². The van der Waals surface area contributed by atoms with Gasteiger partial charge >= 0.3 is 0 Å². The Labute approximate surface area is 105 Å². The minimum absolute atomic E-state index is 0.367. The molecule has 0 saturated heterocycles. The molecule has 1 atom stereocenters. The number of hydrazine groups is 1. The predicted molar refractivity (Wildman–Crippen MR) is 66.4 cm³/mol. The normalized spacial score (nSPS) is 12.2. The Morgan fingerprint density at radius 1 is 1.28 bits per heavy atom. The van der Waals surface area contributed by atoms with Gasteiger partial charge in [-0.3, -0.25) is 10.8 Å². The van der Waals surface area contributed by atoms with Gasteiger partial charge in [-0.15, -0.1) is 0 Å². The van der Waals surface area contributed by atoms with E-state index in [1.54, 1.807) is 36.7 Å². The lowest BCUT2D eigenvalue weighted by Gasteiger charge is -2.17. The van der Waals surface area contributed by atoms with E-state index in [2.05, 4.69) is 10.4 Å². The molecule has 0 radical (unpaired) electrons. The summed E-state index contributed by atoms with van der Waals surface area (Å²) in [5.74, 6) is 5.62. The van der Waals surface area contributed by atoms with Gasteiger partial charge in [0.2, 0.25) is 0 Å². The van der Waals surface area contributed by atoms with Gasteiger partial charge in [0.05, 0.1) is 13.2 Å². The average molecular weight is 247 g/mol. The van der Waals surface area contributed by atoms with Crippen molar-refractivity contribution in [2.75, 3.05) is 7.11 Å². The summed E-state index contributed by atoms with van der Waals surface area (Å²) in [6.07, 6.45) is 3.28. The highest BCUT2D eigenvalue weighted by atomic mass is 19.1. The van der Waals surface area contributed by atoms with Crippen molar-refractivity contribution in [1.82, 2.24) is 10.4 Å². The van der Waals surface area contributed by atoms with Gasteiger partial charge in [-0.2, -0.15) is 0 Å². The maximum absolute atomic E-state index is 14.0. The number of methoxy groups -OCH3 is 1. The molecule has 0 amide bonds. The average Bonchev–Trinajstić information content (AvgIpc) is 2.42. The molecular weight excluding hydrogens is 233 g/mol. The van der Waals surface area contributed by atoms with E-state index in [1.165, 1.54) is 13.2 Å². The quantitative estimate of drug-likeness (QED) is 0.638. The number of benzene rings is 1. The number of pyridine rings is 1. The number of ether oxygens (including phenoxy) is 1. The predicted octanol–water partition coefficient (Wildman–Crippen LogP) is 1.78. The highest BCUT2D eigenvalue weighted by Gasteiger charge is 2.16. The molecule has 0 aliphatic heterocycles. The Balaban J connectivity index is 2.39. The third-order valence-corrected chi connectivity index (χ3v) is 2.72. The van der Waals surface area contributed by atoms with E-state index in [1.807, 2.05) is 0 Å². The summed E-state index contributed by atoms with van der Waals surface area (Å²) in [7, 11) is 1.50. The zero-order valence-corrected chi connectivity index (χ0v) is 9.93. The minimum atomic E-state index is -0.418. The van der Waals surface area contributed by atoms with Gasteiger partial charge in [-0.1, -0.05) is 6.07 Å². The molecule has 3 N–H and O–H groups in total. The maximum atomic E-state index is 14.0. The van der Waals surface area contributed by atoms with E-state index in [0.29, 0.717) is 11.3 Å². The van der Waals surface area contributed by atoms with Crippen molar-refractivity contribution in [1.29, 1.82) is 0 Å². The first-order valence-electron chi connectivity index (χ1n) is 5.45. The van der Waals surface area contributed by atoms with E-state index in [0.717, 1.165) is 5.56 Å². The summed E-state index contributed by atoms with van der Waals surface area (Å²) in [6.45, 7) is 0. The lowest BCUT2D eigenvalue weighted by atomic mass is 10.00. The first-order valence-corrected chi connectivity index (χ1v) is 5.45. The number of halogens is 1. The van der Waals surface area contributed by atoms with Crippen LogP contribution in [0.4, 0.5) is 4.39 Å². The topological polar surface area (TPSA) is 60.2 Å². The van der Waals surface area contributed by atoms with Gasteiger partial charge in [-0.05, 0) is 23.8 Å². The molecule has 1 unspecified atom stereocenters. The molecule has 1 aromatic carbocycles. The summed E-state index contributed by atoms with van der Waals surface area (Å²) in [5, 5.41) is 0. The van der Waals surface area contributed by atoms with Crippen molar-refractivity contribution in [2.24, 2.45) is 5.84 Å². The van der Waals surface area contributed by atoms with Crippen molar-refractivity contribution in [3.63, 3.8) is 0 Å². The fraction of sp³-hybridized carbons (Fsp3) is 0.154. The Morgan fingerprint density at radius 3 is 2.56 bits per heavy atom. The first kappa shape index (κ1) is 12.5. The van der Waals surface area contributed by atoms with Crippen molar-refractivity contribution in [3.8, 4) is 5.75 Å². The third-order valence-electron chi connectivity index (χ3n) is 2.72. The van der Waals surface area contributed by atoms with Gasteiger partial charge in [0.1, 0.15) is 11.6 Å². The number of hydrogen-bond donors (Lipinski definition) is 2. The zero-order valence-electron chi connectivity index (χ0n) is 9.93. The number of nitrogens with one attached hydrogen (secondary N) is 1. The molecule has 94 valence electrons. The number of nitrogens with zero attached hydrogens (tertiary/aromatic N) is 1. The second-order valence-corrected chi connectivity index (χ2v) is 3.77. The molecule has 0 spiro atoms. The fourth-order valence-corrected chi connectivity index (χ4v) is 1.79. The second kappa shape index (κ2) is 5.57. The monoisotopic (exact) mass is 247 g/mol. The summed E-state index contributed by atoms with van der Waals surface area (Å²) in [4.78, 5) is 3.92. The summed E-state index contributed by atoms with van der Waals surface area (Å²) in [5.41, 5.74) is 3.91. The van der Waals surface area contributed by atoms with Crippen molar-refractivity contribution < 1.29 is 9.13 Å². The molecule has 4 nitrogen and oxygen atoms in total. The molecule has 0 aliphatic rings. The molecule has 0 saturated carbocycles. The number of aromatic nitrogens is 1. The van der Waals surface area contributed by atoms with Gasteiger partial charge in [0.15, 0.2) is 0 Å². The van der Waals surface area contributed by atoms with Crippen LogP contribution in [0.3, 0.4) is 0 Å². The Bertz CT molecular complexity index is 519. The van der Waals surface area contributed by atoms with Crippen LogP contribution in [0, 0.1) is 5.82 Å². The molecule has 2 aromatic rings. The molecule has 0 fully saturated rings. The van der Waals surface area contributed by atoms with Crippen LogP contribution in [-0.2, 0) is 0 Å². The van der Waals surface area contributed by atoms with Gasteiger partial charge in [0.25, 0.3) is 0 Å². The van der Waals surface area contributed by atoms with Gasteiger partial charge in [-0.25, -0.2) is 9.82 Å². The van der Waals surface area contributed by atoms with Crippen LogP contribution in [0.1, 0.15) is 17.2 Å². The Hall–Kier alpha value is -1.98. The first-order chi connectivity index (χ1) is 8.76. The number of rotatable bonds is 4. The summed E-state index contributed by atoms with van der Waals surface area (Å²) in [6, 6.07) is 7.84. The maximum Gasteiger partial charge on any atom is 0.132 e. The number of hydrogen-bond acceptors (Lipinski definition) is 4. The minimum Gasteiger partial charge on any atom is -0.497 e. The highest BCUT2D eigenvalue weighted by Crippen LogP contribution is 2.26. The molecule has 2 rings (SSSR count). The fourth-order valence-electron chi connectivity index (χ4n) is 1.79. The third kappa shape index (κ3) is 2.47. The van der Waals surface area contributed by atoms with Crippen molar-refractivity contribution >= 4 is 0 Å². The van der Waals surface area contributed by atoms with Crippen LogP contribution in [-0.4, -0.2) is 12.1 Å². The van der Waals surface area contributed by atoms with Crippen molar-refractivity contribution in [2.45, 2.75) is 6.04 Å². The lowest BCUT2D eigenvalue weighted by Crippen LogP contribution is -2.29. The smallest absolute Gasteiger partial charge is 0.132 e. The van der Waals surface area contributed by atoms with E-state index in [4.69, 9.17) is 10.6 Å². The van der Waals surface area contributed by atoms with Crippen LogP contribution in [0.25, 0.3) is 0 Å². The molecule has 5 heteroatoms. The van der Waals surface area contributed by atoms with Crippen LogP contribution in [0.15, 0.2) is 42.7 Å². The largest absolute Gasteiger partial charge is 0.497 e. The van der Waals surface area contributed by atoms with Crippen LogP contribution in [0.2, 0.25) is 0 Å². The number of nitrogens with two attached hydrogens (primary N) is 1.